The van der Waals surface area contributed by atoms with Crippen molar-refractivity contribution in [2.75, 3.05) is 30.5 Å². The molecule has 0 bridgehead atoms. The zero-order valence-corrected chi connectivity index (χ0v) is 14.3. The second-order valence-corrected chi connectivity index (χ2v) is 5.60. The number of halogens is 2. The van der Waals surface area contributed by atoms with Crippen molar-refractivity contribution in [1.82, 2.24) is 20.2 Å². The smallest absolute Gasteiger partial charge is 0.388 e. The number of H-pyrrole nitrogens is 1. The van der Waals surface area contributed by atoms with Crippen molar-refractivity contribution in [2.45, 2.75) is 25.7 Å². The van der Waals surface area contributed by atoms with Crippen molar-refractivity contribution >= 4 is 17.5 Å². The van der Waals surface area contributed by atoms with Gasteiger partial charge in [-0.25, -0.2) is 9.97 Å². The molecule has 3 heterocycles. The Morgan fingerprint density at radius 1 is 1.44 bits per heavy atom. The Bertz CT molecular complexity index is 805. The van der Waals surface area contributed by atoms with Crippen LogP contribution < -0.4 is 15.4 Å². The van der Waals surface area contributed by atoms with Crippen LogP contribution in [0.25, 0.3) is 0 Å². The van der Waals surface area contributed by atoms with Crippen LogP contribution in [0.5, 0.6) is 5.88 Å². The maximum Gasteiger partial charge on any atom is 0.388 e. The first-order chi connectivity index (χ1) is 13.0. The van der Waals surface area contributed by atoms with Crippen LogP contribution in [0.2, 0.25) is 0 Å². The molecular weight excluding hydrogens is 364 g/mol. The van der Waals surface area contributed by atoms with E-state index >= 15 is 0 Å². The van der Waals surface area contributed by atoms with Gasteiger partial charge in [0, 0.05) is 6.07 Å². The van der Waals surface area contributed by atoms with Crippen LogP contribution in [-0.4, -0.2) is 58.7 Å². The minimum atomic E-state index is -2.97. The standard InChI is InChI=1S/C15H17F2N7O3/c1-8(10-7-25-2-3-26-10)20-14-9(5-18)19-6-12(22-14)21-11-4-13(24-23-11)27-15(16)17/h4,6,8,10,15H,2-3,7H2,1H3,(H3,20,21,22,23,24). The zero-order valence-electron chi connectivity index (χ0n) is 14.3. The van der Waals surface area contributed by atoms with Gasteiger partial charge >= 0.3 is 6.61 Å². The third kappa shape index (κ3) is 4.99. The summed E-state index contributed by atoms with van der Waals surface area (Å²) >= 11 is 0. The molecular formula is C15H17F2N7O3. The van der Waals surface area contributed by atoms with Crippen LogP contribution in [0.3, 0.4) is 0 Å². The molecule has 1 saturated heterocycles. The second kappa shape index (κ2) is 8.56. The van der Waals surface area contributed by atoms with Gasteiger partial charge in [-0.15, -0.1) is 5.10 Å². The van der Waals surface area contributed by atoms with Crippen LogP contribution >= 0.6 is 0 Å². The molecule has 2 aromatic heterocycles. The van der Waals surface area contributed by atoms with Crippen LogP contribution in [-0.2, 0) is 9.47 Å². The average Bonchev–Trinajstić information content (AvgIpc) is 3.08. The van der Waals surface area contributed by atoms with E-state index in [0.29, 0.717) is 19.8 Å². The van der Waals surface area contributed by atoms with E-state index in [1.54, 1.807) is 0 Å². The molecule has 0 radical (unpaired) electrons. The lowest BCUT2D eigenvalue weighted by atomic mass is 10.2. The Balaban J connectivity index is 1.71. The summed E-state index contributed by atoms with van der Waals surface area (Å²) < 4.78 is 39.6. The SMILES string of the molecule is CC(Nc1nc(Nc2cc(OC(F)F)n[nH]2)cnc1C#N)C1COCCO1. The normalized spacial score (nSPS) is 18.0. The van der Waals surface area contributed by atoms with E-state index in [9.17, 15) is 14.0 Å². The molecule has 1 aliphatic heterocycles. The summed E-state index contributed by atoms with van der Waals surface area (Å²) in [4.78, 5) is 8.34. The Morgan fingerprint density at radius 3 is 3.00 bits per heavy atom. The largest absolute Gasteiger partial charge is 0.415 e. The quantitative estimate of drug-likeness (QED) is 0.655. The molecule has 2 unspecified atom stereocenters. The summed E-state index contributed by atoms with van der Waals surface area (Å²) in [6.45, 7) is 0.387. The number of aromatic amines is 1. The molecule has 10 nitrogen and oxygen atoms in total. The minimum Gasteiger partial charge on any atom is -0.415 e. The fraction of sp³-hybridized carbons (Fsp3) is 0.467. The number of hydrogen-bond donors (Lipinski definition) is 3. The Kier molecular flexibility index (Phi) is 5.94. The number of nitrogens with one attached hydrogen (secondary N) is 3. The van der Waals surface area contributed by atoms with Gasteiger partial charge in [0.25, 0.3) is 0 Å². The van der Waals surface area contributed by atoms with Gasteiger partial charge in [0.05, 0.1) is 32.1 Å². The van der Waals surface area contributed by atoms with Crippen molar-refractivity contribution in [3.63, 3.8) is 0 Å². The van der Waals surface area contributed by atoms with E-state index in [0.717, 1.165) is 0 Å². The molecule has 0 saturated carbocycles. The van der Waals surface area contributed by atoms with Gasteiger partial charge in [-0.1, -0.05) is 0 Å². The molecule has 3 N–H and O–H groups in total. The fourth-order valence-corrected chi connectivity index (χ4v) is 2.39. The van der Waals surface area contributed by atoms with Crippen molar-refractivity contribution in [3.8, 4) is 11.9 Å². The van der Waals surface area contributed by atoms with Crippen LogP contribution in [0.1, 0.15) is 12.6 Å². The highest BCUT2D eigenvalue weighted by Crippen LogP contribution is 2.21. The molecule has 0 spiro atoms. The Hall–Kier alpha value is -3.04. The van der Waals surface area contributed by atoms with Crippen molar-refractivity contribution in [3.05, 3.63) is 18.0 Å². The zero-order chi connectivity index (χ0) is 19.2. The van der Waals surface area contributed by atoms with Gasteiger partial charge in [-0.05, 0) is 6.92 Å². The first-order valence-electron chi connectivity index (χ1n) is 8.05. The summed E-state index contributed by atoms with van der Waals surface area (Å²) in [7, 11) is 0. The Labute approximate surface area is 152 Å². The van der Waals surface area contributed by atoms with Gasteiger partial charge in [0.15, 0.2) is 17.3 Å². The van der Waals surface area contributed by atoms with E-state index < -0.39 is 6.61 Å². The molecule has 3 rings (SSSR count). The number of anilines is 3. The molecule has 1 aliphatic rings. The minimum absolute atomic E-state index is 0.107. The molecule has 12 heteroatoms. The molecule has 2 atom stereocenters. The van der Waals surface area contributed by atoms with Gasteiger partial charge in [0.2, 0.25) is 5.88 Å². The lowest BCUT2D eigenvalue weighted by Crippen LogP contribution is -2.41. The molecule has 0 aromatic carbocycles. The lowest BCUT2D eigenvalue weighted by Gasteiger charge is -2.29. The fourth-order valence-electron chi connectivity index (χ4n) is 2.39. The van der Waals surface area contributed by atoms with Gasteiger partial charge in [0.1, 0.15) is 18.0 Å². The van der Waals surface area contributed by atoms with E-state index in [2.05, 4.69) is 35.5 Å². The summed E-state index contributed by atoms with van der Waals surface area (Å²) in [5, 5.41) is 21.2. The topological polar surface area (TPSA) is 130 Å². The molecule has 1 fully saturated rings. The third-order valence-electron chi connectivity index (χ3n) is 3.67. The second-order valence-electron chi connectivity index (χ2n) is 5.60. The summed E-state index contributed by atoms with van der Waals surface area (Å²) in [6, 6.07) is 3.03. The van der Waals surface area contributed by atoms with E-state index in [1.165, 1.54) is 12.3 Å². The van der Waals surface area contributed by atoms with Gasteiger partial charge in [-0.3, -0.25) is 5.10 Å². The van der Waals surface area contributed by atoms with Crippen molar-refractivity contribution in [2.24, 2.45) is 0 Å². The number of hydrogen-bond acceptors (Lipinski definition) is 9. The van der Waals surface area contributed by atoms with E-state index in [1.807, 2.05) is 13.0 Å². The van der Waals surface area contributed by atoms with Crippen LogP contribution in [0, 0.1) is 11.3 Å². The number of ether oxygens (including phenoxy) is 3. The number of rotatable bonds is 7. The maximum atomic E-state index is 12.2. The van der Waals surface area contributed by atoms with Crippen molar-refractivity contribution < 1.29 is 23.0 Å². The first kappa shape index (κ1) is 18.7. The summed E-state index contributed by atoms with van der Waals surface area (Å²) in [5.74, 6) is 0.535. The highest BCUT2D eigenvalue weighted by Gasteiger charge is 2.23. The summed E-state index contributed by atoms with van der Waals surface area (Å²) in [5.41, 5.74) is 0.107. The monoisotopic (exact) mass is 381 g/mol. The number of nitriles is 1. The summed E-state index contributed by atoms with van der Waals surface area (Å²) in [6.07, 6.45) is 1.15. The van der Waals surface area contributed by atoms with Crippen molar-refractivity contribution in [1.29, 1.82) is 5.26 Å². The number of aromatic nitrogens is 4. The molecule has 2 aromatic rings. The van der Waals surface area contributed by atoms with Gasteiger partial charge in [-0.2, -0.15) is 14.0 Å². The number of alkyl halides is 2. The predicted molar refractivity (Wildman–Crippen MR) is 88.9 cm³/mol. The molecule has 0 amide bonds. The third-order valence-corrected chi connectivity index (χ3v) is 3.67. The highest BCUT2D eigenvalue weighted by molar-refractivity contribution is 5.57. The van der Waals surface area contributed by atoms with Crippen LogP contribution in [0.4, 0.5) is 26.2 Å². The maximum absolute atomic E-state index is 12.2. The predicted octanol–water partition coefficient (Wildman–Crippen LogP) is 1.63. The Morgan fingerprint density at radius 2 is 2.30 bits per heavy atom. The molecule has 0 aliphatic carbocycles. The van der Waals surface area contributed by atoms with Gasteiger partial charge < -0.3 is 24.8 Å². The van der Waals surface area contributed by atoms with E-state index in [4.69, 9.17) is 9.47 Å². The van der Waals surface area contributed by atoms with Crippen LogP contribution in [0.15, 0.2) is 12.3 Å². The first-order valence-corrected chi connectivity index (χ1v) is 8.05. The molecule has 27 heavy (non-hydrogen) atoms. The average molecular weight is 381 g/mol. The highest BCUT2D eigenvalue weighted by atomic mass is 19.3. The lowest BCUT2D eigenvalue weighted by molar-refractivity contribution is -0.0925. The number of nitrogens with zero attached hydrogens (tertiary/aromatic N) is 4. The molecule has 144 valence electrons. The van der Waals surface area contributed by atoms with E-state index in [-0.39, 0.29) is 41.2 Å².